The first kappa shape index (κ1) is 13.9. The minimum atomic E-state index is -3.64. The van der Waals surface area contributed by atoms with Crippen LogP contribution in [0.5, 0.6) is 0 Å². The van der Waals surface area contributed by atoms with Crippen molar-refractivity contribution in [2.45, 2.75) is 23.8 Å². The Bertz CT molecular complexity index is 529. The molecule has 0 radical (unpaired) electrons. The molecule has 1 unspecified atom stereocenters. The highest BCUT2D eigenvalue weighted by molar-refractivity contribution is 9.10. The third-order valence-corrected chi connectivity index (χ3v) is 5.11. The Morgan fingerprint density at radius 3 is 2.89 bits per heavy atom. The van der Waals surface area contributed by atoms with E-state index in [1.165, 1.54) is 6.07 Å². The molecule has 0 aromatic heterocycles. The van der Waals surface area contributed by atoms with E-state index in [0.29, 0.717) is 6.61 Å². The molecule has 1 fully saturated rings. The van der Waals surface area contributed by atoms with Crippen molar-refractivity contribution < 1.29 is 17.5 Å². The summed E-state index contributed by atoms with van der Waals surface area (Å²) in [6, 6.07) is 3.48. The summed E-state index contributed by atoms with van der Waals surface area (Å²) in [5.74, 6) is -0.486. The largest absolute Gasteiger partial charge is 0.377 e. The van der Waals surface area contributed by atoms with Crippen LogP contribution in [0.4, 0.5) is 4.39 Å². The molecule has 1 saturated heterocycles. The molecular formula is C11H13BrFNO3S. The summed E-state index contributed by atoms with van der Waals surface area (Å²) in [7, 11) is -3.64. The maximum absolute atomic E-state index is 12.9. The highest BCUT2D eigenvalue weighted by Gasteiger charge is 2.22. The normalized spacial score (nSPS) is 20.2. The molecule has 0 bridgehead atoms. The molecule has 0 amide bonds. The molecule has 100 valence electrons. The molecule has 7 heteroatoms. The van der Waals surface area contributed by atoms with Gasteiger partial charge in [0.15, 0.2) is 0 Å². The van der Waals surface area contributed by atoms with E-state index in [1.54, 1.807) is 0 Å². The van der Waals surface area contributed by atoms with Crippen LogP contribution in [-0.2, 0) is 14.8 Å². The molecule has 18 heavy (non-hydrogen) atoms. The molecule has 1 aromatic rings. The number of sulfonamides is 1. The van der Waals surface area contributed by atoms with E-state index >= 15 is 0 Å². The van der Waals surface area contributed by atoms with E-state index in [-0.39, 0.29) is 22.0 Å². The lowest BCUT2D eigenvalue weighted by Gasteiger charge is -2.12. The van der Waals surface area contributed by atoms with Gasteiger partial charge in [-0.05, 0) is 47.0 Å². The van der Waals surface area contributed by atoms with Gasteiger partial charge in [0, 0.05) is 17.6 Å². The third kappa shape index (κ3) is 3.28. The van der Waals surface area contributed by atoms with Crippen molar-refractivity contribution in [1.82, 2.24) is 4.72 Å². The van der Waals surface area contributed by atoms with Gasteiger partial charge in [0.25, 0.3) is 0 Å². The lowest BCUT2D eigenvalue weighted by Crippen LogP contribution is -2.32. The van der Waals surface area contributed by atoms with Crippen molar-refractivity contribution in [3.63, 3.8) is 0 Å². The van der Waals surface area contributed by atoms with E-state index in [2.05, 4.69) is 20.7 Å². The van der Waals surface area contributed by atoms with Crippen molar-refractivity contribution in [3.05, 3.63) is 28.5 Å². The van der Waals surface area contributed by atoms with Crippen LogP contribution in [-0.4, -0.2) is 27.7 Å². The van der Waals surface area contributed by atoms with Gasteiger partial charge < -0.3 is 4.74 Å². The monoisotopic (exact) mass is 337 g/mol. The SMILES string of the molecule is O=S(=O)(NCC1CCCO1)c1ccc(F)cc1Br. The first-order valence-electron chi connectivity index (χ1n) is 5.55. The van der Waals surface area contributed by atoms with E-state index in [4.69, 9.17) is 4.74 Å². The van der Waals surface area contributed by atoms with Crippen LogP contribution in [0.15, 0.2) is 27.6 Å². The average Bonchev–Trinajstić information content (AvgIpc) is 2.78. The van der Waals surface area contributed by atoms with Gasteiger partial charge in [-0.3, -0.25) is 0 Å². The number of rotatable bonds is 4. The Morgan fingerprint density at radius 2 is 2.28 bits per heavy atom. The quantitative estimate of drug-likeness (QED) is 0.914. The van der Waals surface area contributed by atoms with Crippen LogP contribution in [0.2, 0.25) is 0 Å². The summed E-state index contributed by atoms with van der Waals surface area (Å²) in [4.78, 5) is 0.0295. The Hall–Kier alpha value is -0.500. The zero-order chi connectivity index (χ0) is 13.2. The molecule has 1 aliphatic heterocycles. The molecule has 0 saturated carbocycles. The lowest BCUT2D eigenvalue weighted by atomic mass is 10.2. The summed E-state index contributed by atoms with van der Waals surface area (Å²) in [6.45, 7) is 0.915. The fraction of sp³-hybridized carbons (Fsp3) is 0.455. The van der Waals surface area contributed by atoms with Crippen molar-refractivity contribution >= 4 is 26.0 Å². The Labute approximate surface area is 114 Å². The van der Waals surface area contributed by atoms with Gasteiger partial charge in [-0.2, -0.15) is 0 Å². The molecule has 4 nitrogen and oxygen atoms in total. The Kier molecular flexibility index (Phi) is 4.37. The van der Waals surface area contributed by atoms with Crippen LogP contribution in [0.1, 0.15) is 12.8 Å². The van der Waals surface area contributed by atoms with Crippen LogP contribution in [0.3, 0.4) is 0 Å². The maximum atomic E-state index is 12.9. The van der Waals surface area contributed by atoms with E-state index < -0.39 is 15.8 Å². The van der Waals surface area contributed by atoms with Crippen molar-refractivity contribution in [1.29, 1.82) is 0 Å². The minimum Gasteiger partial charge on any atom is -0.377 e. The number of ether oxygens (including phenoxy) is 1. The second-order valence-electron chi connectivity index (χ2n) is 4.06. The van der Waals surface area contributed by atoms with Crippen LogP contribution in [0, 0.1) is 5.82 Å². The highest BCUT2D eigenvalue weighted by Crippen LogP contribution is 2.22. The number of hydrogen-bond acceptors (Lipinski definition) is 3. The van der Waals surface area contributed by atoms with Gasteiger partial charge in [0.05, 0.1) is 11.0 Å². The first-order chi connectivity index (χ1) is 8.49. The topological polar surface area (TPSA) is 55.4 Å². The van der Waals surface area contributed by atoms with Gasteiger partial charge in [0.2, 0.25) is 10.0 Å². The van der Waals surface area contributed by atoms with E-state index in [9.17, 15) is 12.8 Å². The predicted octanol–water partition coefficient (Wildman–Crippen LogP) is 2.05. The summed E-state index contributed by atoms with van der Waals surface area (Å²) >= 11 is 3.05. The van der Waals surface area contributed by atoms with Gasteiger partial charge in [-0.25, -0.2) is 17.5 Å². The fourth-order valence-corrected chi connectivity index (χ4v) is 3.89. The predicted molar refractivity (Wildman–Crippen MR) is 68.3 cm³/mol. The average molecular weight is 338 g/mol. The Balaban J connectivity index is 2.09. The van der Waals surface area contributed by atoms with E-state index in [0.717, 1.165) is 25.0 Å². The molecule has 1 heterocycles. The van der Waals surface area contributed by atoms with Crippen LogP contribution >= 0.6 is 15.9 Å². The Morgan fingerprint density at radius 1 is 1.50 bits per heavy atom. The highest BCUT2D eigenvalue weighted by atomic mass is 79.9. The molecule has 0 aliphatic carbocycles. The molecule has 1 N–H and O–H groups in total. The van der Waals surface area contributed by atoms with Gasteiger partial charge in [-0.1, -0.05) is 0 Å². The first-order valence-corrected chi connectivity index (χ1v) is 7.83. The van der Waals surface area contributed by atoms with Crippen molar-refractivity contribution in [2.75, 3.05) is 13.2 Å². The number of hydrogen-bond donors (Lipinski definition) is 1. The fourth-order valence-electron chi connectivity index (χ4n) is 1.78. The second kappa shape index (κ2) is 5.64. The molecule has 0 spiro atoms. The van der Waals surface area contributed by atoms with E-state index in [1.807, 2.05) is 0 Å². The van der Waals surface area contributed by atoms with Gasteiger partial charge in [-0.15, -0.1) is 0 Å². The molecule has 1 atom stereocenters. The zero-order valence-corrected chi connectivity index (χ0v) is 11.9. The standard InChI is InChI=1S/C11H13BrFNO3S/c12-10-6-8(13)3-4-11(10)18(15,16)14-7-9-2-1-5-17-9/h3-4,6,9,14H,1-2,5,7H2. The summed E-state index contributed by atoms with van der Waals surface area (Å²) in [5.41, 5.74) is 0. The summed E-state index contributed by atoms with van der Waals surface area (Å²) in [6.07, 6.45) is 1.73. The number of nitrogens with one attached hydrogen (secondary N) is 1. The van der Waals surface area contributed by atoms with Gasteiger partial charge >= 0.3 is 0 Å². The maximum Gasteiger partial charge on any atom is 0.241 e. The number of benzene rings is 1. The van der Waals surface area contributed by atoms with Crippen molar-refractivity contribution in [2.24, 2.45) is 0 Å². The molecule has 1 aromatic carbocycles. The summed E-state index contributed by atoms with van der Waals surface area (Å²) in [5, 5.41) is 0. The molecule has 2 rings (SSSR count). The van der Waals surface area contributed by atoms with Crippen molar-refractivity contribution in [3.8, 4) is 0 Å². The molecular weight excluding hydrogens is 325 g/mol. The van der Waals surface area contributed by atoms with Crippen LogP contribution in [0.25, 0.3) is 0 Å². The summed E-state index contributed by atoms with van der Waals surface area (Å²) < 4.78 is 44.9. The zero-order valence-electron chi connectivity index (χ0n) is 9.53. The minimum absolute atomic E-state index is 0.0295. The third-order valence-electron chi connectivity index (χ3n) is 2.71. The van der Waals surface area contributed by atoms with Gasteiger partial charge in [0.1, 0.15) is 5.82 Å². The van der Waals surface area contributed by atoms with Crippen LogP contribution < -0.4 is 4.72 Å². The second-order valence-corrected chi connectivity index (χ2v) is 6.65. The smallest absolute Gasteiger partial charge is 0.241 e. The number of halogens is 2. The lowest BCUT2D eigenvalue weighted by molar-refractivity contribution is 0.114. The molecule has 1 aliphatic rings.